The molecule has 17 heavy (non-hydrogen) atoms. The predicted octanol–water partition coefficient (Wildman–Crippen LogP) is 2.01. The van der Waals surface area contributed by atoms with E-state index in [0.29, 0.717) is 6.61 Å². The molecule has 1 atom stereocenters. The third kappa shape index (κ3) is 4.73. The van der Waals surface area contributed by atoms with Crippen LogP contribution in [0, 0.1) is 0 Å². The van der Waals surface area contributed by atoms with E-state index >= 15 is 0 Å². The van der Waals surface area contributed by atoms with Crippen molar-refractivity contribution in [2.24, 2.45) is 5.84 Å². The summed E-state index contributed by atoms with van der Waals surface area (Å²) in [6, 6.07) is 7.78. The molecular weight excluding hydrogens is 216 g/mol. The van der Waals surface area contributed by atoms with Crippen LogP contribution in [0.3, 0.4) is 0 Å². The molecule has 0 amide bonds. The number of rotatable bonds is 5. The van der Waals surface area contributed by atoms with Crippen molar-refractivity contribution in [3.63, 3.8) is 0 Å². The van der Waals surface area contributed by atoms with Crippen LogP contribution in [0.1, 0.15) is 32.4 Å². The zero-order chi connectivity index (χ0) is 12.9. The normalized spacial score (nSPS) is 13.5. The fourth-order valence-corrected chi connectivity index (χ4v) is 1.41. The molecule has 0 heterocycles. The minimum absolute atomic E-state index is 0.0138. The van der Waals surface area contributed by atoms with Crippen LogP contribution in [0.15, 0.2) is 24.3 Å². The van der Waals surface area contributed by atoms with Crippen molar-refractivity contribution in [3.8, 4) is 5.75 Å². The van der Waals surface area contributed by atoms with Crippen molar-refractivity contribution in [1.82, 2.24) is 5.43 Å². The summed E-state index contributed by atoms with van der Waals surface area (Å²) in [6.45, 7) is 6.60. The van der Waals surface area contributed by atoms with Crippen LogP contribution in [0.5, 0.6) is 5.75 Å². The Morgan fingerprint density at radius 2 is 1.82 bits per heavy atom. The van der Waals surface area contributed by atoms with Gasteiger partial charge in [0.1, 0.15) is 5.75 Å². The molecule has 0 aliphatic carbocycles. The highest BCUT2D eigenvalue weighted by Gasteiger charge is 2.15. The van der Waals surface area contributed by atoms with Gasteiger partial charge < -0.3 is 9.47 Å². The van der Waals surface area contributed by atoms with Gasteiger partial charge in [-0.05, 0) is 38.5 Å². The van der Waals surface area contributed by atoms with Gasteiger partial charge in [-0.2, -0.15) is 0 Å². The molecule has 0 bridgehead atoms. The van der Waals surface area contributed by atoms with Crippen molar-refractivity contribution in [2.75, 3.05) is 13.7 Å². The second-order valence-electron chi connectivity index (χ2n) is 4.92. The van der Waals surface area contributed by atoms with Crippen LogP contribution in [0.2, 0.25) is 0 Å². The molecule has 3 N–H and O–H groups in total. The first-order chi connectivity index (χ1) is 7.96. The zero-order valence-corrected chi connectivity index (χ0v) is 11.0. The Bertz CT molecular complexity index is 330. The Balaban J connectivity index is 2.66. The number of ether oxygens (including phenoxy) is 2. The maximum Gasteiger partial charge on any atom is 0.118 e. The summed E-state index contributed by atoms with van der Waals surface area (Å²) in [5.41, 5.74) is 3.68. The minimum Gasteiger partial charge on any atom is -0.497 e. The molecule has 4 heteroatoms. The lowest BCUT2D eigenvalue weighted by Gasteiger charge is -2.24. The third-order valence-corrected chi connectivity index (χ3v) is 2.40. The number of methoxy groups -OCH3 is 1. The van der Waals surface area contributed by atoms with Crippen LogP contribution in [-0.2, 0) is 4.74 Å². The standard InChI is InChI=1S/C13H22N2O2/c1-13(2,3)17-9-12(15-14)10-5-7-11(16-4)8-6-10/h5-8,12,15H,9,14H2,1-4H3. The van der Waals surface area contributed by atoms with E-state index in [1.807, 2.05) is 45.0 Å². The second-order valence-corrected chi connectivity index (χ2v) is 4.92. The molecule has 0 saturated carbocycles. The average molecular weight is 238 g/mol. The number of nitrogens with one attached hydrogen (secondary N) is 1. The van der Waals surface area contributed by atoms with E-state index in [1.165, 1.54) is 0 Å². The fourth-order valence-electron chi connectivity index (χ4n) is 1.41. The van der Waals surface area contributed by atoms with Gasteiger partial charge in [0.25, 0.3) is 0 Å². The summed E-state index contributed by atoms with van der Waals surface area (Å²) >= 11 is 0. The molecule has 4 nitrogen and oxygen atoms in total. The van der Waals surface area contributed by atoms with Gasteiger partial charge in [0.05, 0.1) is 25.4 Å². The van der Waals surface area contributed by atoms with E-state index in [0.717, 1.165) is 11.3 Å². The molecule has 1 aromatic rings. The lowest BCUT2D eigenvalue weighted by Crippen LogP contribution is -2.34. The van der Waals surface area contributed by atoms with Crippen LogP contribution >= 0.6 is 0 Å². The summed E-state index contributed by atoms with van der Waals surface area (Å²) in [7, 11) is 1.65. The van der Waals surface area contributed by atoms with E-state index in [-0.39, 0.29) is 11.6 Å². The summed E-state index contributed by atoms with van der Waals surface area (Å²) in [4.78, 5) is 0. The van der Waals surface area contributed by atoms with Gasteiger partial charge >= 0.3 is 0 Å². The number of hydrazine groups is 1. The molecule has 0 spiro atoms. The molecular formula is C13H22N2O2. The quantitative estimate of drug-likeness (QED) is 0.608. The Morgan fingerprint density at radius 1 is 1.24 bits per heavy atom. The van der Waals surface area contributed by atoms with Gasteiger partial charge in [0.2, 0.25) is 0 Å². The summed E-state index contributed by atoms with van der Waals surface area (Å²) < 4.78 is 10.8. The van der Waals surface area contributed by atoms with Crippen LogP contribution in [0.4, 0.5) is 0 Å². The molecule has 0 aliphatic heterocycles. The third-order valence-electron chi connectivity index (χ3n) is 2.40. The second kappa shape index (κ2) is 6.00. The highest BCUT2D eigenvalue weighted by Crippen LogP contribution is 2.19. The summed E-state index contributed by atoms with van der Waals surface area (Å²) in [6.07, 6.45) is 0. The first-order valence-corrected chi connectivity index (χ1v) is 5.70. The Labute approximate surface area is 103 Å². The van der Waals surface area contributed by atoms with Crippen molar-refractivity contribution in [2.45, 2.75) is 32.4 Å². The molecule has 0 saturated heterocycles. The highest BCUT2D eigenvalue weighted by molar-refractivity contribution is 5.29. The number of nitrogens with two attached hydrogens (primary N) is 1. The topological polar surface area (TPSA) is 56.5 Å². The van der Waals surface area contributed by atoms with Crippen LogP contribution < -0.4 is 16.0 Å². The van der Waals surface area contributed by atoms with Gasteiger partial charge in [-0.3, -0.25) is 11.3 Å². The smallest absolute Gasteiger partial charge is 0.118 e. The Morgan fingerprint density at radius 3 is 2.24 bits per heavy atom. The molecule has 96 valence electrons. The lowest BCUT2D eigenvalue weighted by molar-refractivity contribution is -0.0148. The Kier molecular flexibility index (Phi) is 4.93. The highest BCUT2D eigenvalue weighted by atomic mass is 16.5. The summed E-state index contributed by atoms with van der Waals surface area (Å²) in [5.74, 6) is 6.38. The predicted molar refractivity (Wildman–Crippen MR) is 68.8 cm³/mol. The average Bonchev–Trinajstić information content (AvgIpc) is 2.29. The number of benzene rings is 1. The SMILES string of the molecule is COc1ccc(C(COC(C)(C)C)NN)cc1. The largest absolute Gasteiger partial charge is 0.497 e. The molecule has 0 aromatic heterocycles. The van der Waals surface area contributed by atoms with Gasteiger partial charge in [0.15, 0.2) is 0 Å². The van der Waals surface area contributed by atoms with E-state index in [4.69, 9.17) is 15.3 Å². The van der Waals surface area contributed by atoms with E-state index < -0.39 is 0 Å². The number of hydrogen-bond acceptors (Lipinski definition) is 4. The molecule has 0 radical (unpaired) electrons. The number of hydrogen-bond donors (Lipinski definition) is 2. The van der Waals surface area contributed by atoms with Crippen molar-refractivity contribution < 1.29 is 9.47 Å². The van der Waals surface area contributed by atoms with E-state index in [2.05, 4.69) is 5.43 Å². The van der Waals surface area contributed by atoms with Crippen LogP contribution in [-0.4, -0.2) is 19.3 Å². The first-order valence-electron chi connectivity index (χ1n) is 5.70. The van der Waals surface area contributed by atoms with Gasteiger partial charge in [-0.25, -0.2) is 0 Å². The zero-order valence-electron chi connectivity index (χ0n) is 11.0. The first kappa shape index (κ1) is 14.0. The van der Waals surface area contributed by atoms with Gasteiger partial charge in [-0.1, -0.05) is 12.1 Å². The van der Waals surface area contributed by atoms with Gasteiger partial charge in [-0.15, -0.1) is 0 Å². The molecule has 1 rings (SSSR count). The van der Waals surface area contributed by atoms with E-state index in [9.17, 15) is 0 Å². The minimum atomic E-state index is -0.165. The van der Waals surface area contributed by atoms with Crippen molar-refractivity contribution >= 4 is 0 Å². The van der Waals surface area contributed by atoms with E-state index in [1.54, 1.807) is 7.11 Å². The monoisotopic (exact) mass is 238 g/mol. The van der Waals surface area contributed by atoms with Crippen molar-refractivity contribution in [1.29, 1.82) is 0 Å². The molecule has 0 aliphatic rings. The Hall–Kier alpha value is -1.10. The fraction of sp³-hybridized carbons (Fsp3) is 0.538. The summed E-state index contributed by atoms with van der Waals surface area (Å²) in [5, 5.41) is 0. The molecule has 1 aromatic carbocycles. The molecule has 1 unspecified atom stereocenters. The van der Waals surface area contributed by atoms with Gasteiger partial charge in [0, 0.05) is 0 Å². The maximum atomic E-state index is 5.72. The lowest BCUT2D eigenvalue weighted by atomic mass is 10.1. The van der Waals surface area contributed by atoms with Crippen LogP contribution in [0.25, 0.3) is 0 Å². The van der Waals surface area contributed by atoms with Crippen molar-refractivity contribution in [3.05, 3.63) is 29.8 Å². The maximum absolute atomic E-state index is 5.72. The molecule has 0 fully saturated rings.